The Labute approximate surface area is 161 Å². The summed E-state index contributed by atoms with van der Waals surface area (Å²) in [6, 6.07) is 13.6. The predicted octanol–water partition coefficient (Wildman–Crippen LogP) is 3.99. The van der Waals surface area contributed by atoms with Gasteiger partial charge >= 0.3 is 0 Å². The van der Waals surface area contributed by atoms with Gasteiger partial charge in [-0.3, -0.25) is 4.79 Å². The number of carbonyl (C=O) groups excluding carboxylic acids is 1. The van der Waals surface area contributed by atoms with Gasteiger partial charge in [0.05, 0.1) is 5.70 Å². The van der Waals surface area contributed by atoms with Crippen LogP contribution in [-0.4, -0.2) is 10.8 Å². The number of halogens is 2. The van der Waals surface area contributed by atoms with Crippen molar-refractivity contribution in [1.29, 1.82) is 0 Å². The number of fused-ring (bicyclic) bond motifs is 1. The molecule has 2 aromatic rings. The highest BCUT2D eigenvalue weighted by molar-refractivity contribution is 6.30. The van der Waals surface area contributed by atoms with Crippen LogP contribution in [0.2, 0.25) is 5.02 Å². The summed E-state index contributed by atoms with van der Waals surface area (Å²) in [5.41, 5.74) is 3.07. The third-order valence-electron chi connectivity index (χ3n) is 4.46. The largest absolute Gasteiger partial charge is 0.355 e. The second-order valence-corrected chi connectivity index (χ2v) is 6.72. The molecule has 0 radical (unpaired) electrons. The fourth-order valence-electron chi connectivity index (χ4n) is 3.15. The molecule has 0 fully saturated rings. The van der Waals surface area contributed by atoms with Crippen LogP contribution in [0.3, 0.4) is 0 Å². The summed E-state index contributed by atoms with van der Waals surface area (Å²) in [7, 11) is 0. The molecule has 0 aromatic heterocycles. The van der Waals surface area contributed by atoms with Crippen molar-refractivity contribution in [3.63, 3.8) is 0 Å². The molecule has 0 saturated heterocycles. The minimum Gasteiger partial charge on any atom is -0.355 e. The van der Waals surface area contributed by atoms with Crippen LogP contribution in [0, 0.1) is 5.82 Å². The van der Waals surface area contributed by atoms with E-state index in [2.05, 4.69) is 10.6 Å². The maximum Gasteiger partial charge on any atom is 0.269 e. The molecule has 4 nitrogen and oxygen atoms in total. The quantitative estimate of drug-likeness (QED) is 0.841. The van der Waals surface area contributed by atoms with Gasteiger partial charge in [0.15, 0.2) is 0 Å². The van der Waals surface area contributed by atoms with Crippen LogP contribution in [0.1, 0.15) is 17.3 Å². The molecule has 2 heterocycles. The fourth-order valence-corrected chi connectivity index (χ4v) is 3.35. The molecule has 2 N–H and O–H groups in total. The first-order valence-electron chi connectivity index (χ1n) is 8.54. The number of hydrogen-bond donors (Lipinski definition) is 2. The Hall–Kier alpha value is -3.05. The first-order chi connectivity index (χ1) is 13.1. The van der Waals surface area contributed by atoms with Gasteiger partial charge < -0.3 is 15.5 Å². The number of nitrogens with zero attached hydrogens (tertiary/aromatic N) is 1. The molecule has 1 atom stereocenters. The third kappa shape index (κ3) is 3.59. The Balaban J connectivity index is 1.54. The first-order valence-corrected chi connectivity index (χ1v) is 8.92. The van der Waals surface area contributed by atoms with E-state index in [4.69, 9.17) is 11.6 Å². The average Bonchev–Trinajstić information content (AvgIpc) is 3.07. The minimum atomic E-state index is -0.299. The number of carbonyl (C=O) groups is 1. The molecule has 1 amide bonds. The molecule has 0 spiro atoms. The van der Waals surface area contributed by atoms with Gasteiger partial charge in [-0.25, -0.2) is 4.39 Å². The van der Waals surface area contributed by atoms with Crippen LogP contribution in [-0.2, 0) is 11.3 Å². The number of allylic oxidation sites excluding steroid dienone is 3. The second-order valence-electron chi connectivity index (χ2n) is 6.28. The van der Waals surface area contributed by atoms with Crippen molar-refractivity contribution in [2.75, 3.05) is 0 Å². The topological polar surface area (TPSA) is 44.4 Å². The van der Waals surface area contributed by atoms with E-state index >= 15 is 0 Å². The van der Waals surface area contributed by atoms with E-state index in [1.807, 2.05) is 53.6 Å². The highest BCUT2D eigenvalue weighted by Crippen LogP contribution is 2.34. The van der Waals surface area contributed by atoms with Crippen LogP contribution in [0.5, 0.6) is 0 Å². The van der Waals surface area contributed by atoms with Gasteiger partial charge in [0.25, 0.3) is 5.91 Å². The van der Waals surface area contributed by atoms with E-state index in [1.165, 1.54) is 12.1 Å². The lowest BCUT2D eigenvalue weighted by atomic mass is 10.1. The van der Waals surface area contributed by atoms with E-state index in [0.717, 1.165) is 16.8 Å². The van der Waals surface area contributed by atoms with Gasteiger partial charge in [-0.1, -0.05) is 41.9 Å². The van der Waals surface area contributed by atoms with E-state index in [9.17, 15) is 9.18 Å². The Morgan fingerprint density at radius 1 is 1.19 bits per heavy atom. The summed E-state index contributed by atoms with van der Waals surface area (Å²) in [5, 5.41) is 6.82. The SMILES string of the molecule is O=C(NCc1ccc(F)cc1)C1=C2C=CC=CN2C(c2cccc(Cl)c2)N1. The lowest BCUT2D eigenvalue weighted by molar-refractivity contribution is -0.118. The molecule has 27 heavy (non-hydrogen) atoms. The van der Waals surface area contributed by atoms with Crippen LogP contribution in [0.4, 0.5) is 4.39 Å². The number of amides is 1. The van der Waals surface area contributed by atoms with Crippen molar-refractivity contribution in [3.05, 3.63) is 106 Å². The summed E-state index contributed by atoms with van der Waals surface area (Å²) in [6.07, 6.45) is 7.41. The van der Waals surface area contributed by atoms with Crippen molar-refractivity contribution in [2.24, 2.45) is 0 Å². The molecule has 0 saturated carbocycles. The molecular weight excluding hydrogens is 365 g/mol. The fraction of sp³-hybridized carbons (Fsp3) is 0.0952. The maximum absolute atomic E-state index is 13.0. The van der Waals surface area contributed by atoms with E-state index in [1.54, 1.807) is 12.1 Å². The summed E-state index contributed by atoms with van der Waals surface area (Å²) in [5.74, 6) is -0.518. The van der Waals surface area contributed by atoms with Crippen molar-refractivity contribution in [2.45, 2.75) is 12.7 Å². The molecule has 136 valence electrons. The van der Waals surface area contributed by atoms with Gasteiger partial charge in [-0.15, -0.1) is 0 Å². The second kappa shape index (κ2) is 7.29. The lowest BCUT2D eigenvalue weighted by Gasteiger charge is -2.26. The Kier molecular flexibility index (Phi) is 4.69. The zero-order chi connectivity index (χ0) is 18.8. The number of nitrogens with one attached hydrogen (secondary N) is 2. The van der Waals surface area contributed by atoms with E-state index in [-0.39, 0.29) is 17.9 Å². The van der Waals surface area contributed by atoms with Crippen LogP contribution < -0.4 is 10.6 Å². The summed E-state index contributed by atoms with van der Waals surface area (Å²) in [4.78, 5) is 14.8. The molecular formula is C21H17ClFN3O. The van der Waals surface area contributed by atoms with Crippen LogP contribution >= 0.6 is 11.6 Å². The van der Waals surface area contributed by atoms with Gasteiger partial charge in [0.1, 0.15) is 17.7 Å². The minimum absolute atomic E-state index is 0.216. The van der Waals surface area contributed by atoms with Crippen LogP contribution in [0.15, 0.2) is 84.4 Å². The third-order valence-corrected chi connectivity index (χ3v) is 4.70. The maximum atomic E-state index is 13.0. The van der Waals surface area contributed by atoms with Crippen molar-refractivity contribution in [3.8, 4) is 0 Å². The first kappa shape index (κ1) is 17.4. The molecule has 2 aliphatic rings. The van der Waals surface area contributed by atoms with Gasteiger partial charge in [0, 0.05) is 17.8 Å². The molecule has 6 heteroatoms. The van der Waals surface area contributed by atoms with E-state index in [0.29, 0.717) is 17.3 Å². The Morgan fingerprint density at radius 2 is 2.00 bits per heavy atom. The standard InChI is InChI=1S/C21H17ClFN3O/c22-16-5-3-4-15(12-16)20-25-19(18-6-1-2-11-26(18)20)21(27)24-13-14-7-9-17(23)10-8-14/h1-12,20,25H,13H2,(H,24,27). The monoisotopic (exact) mass is 381 g/mol. The van der Waals surface area contributed by atoms with Gasteiger partial charge in [-0.2, -0.15) is 0 Å². The van der Waals surface area contributed by atoms with Gasteiger partial charge in [0.2, 0.25) is 0 Å². The van der Waals surface area contributed by atoms with Gasteiger partial charge in [-0.05, 0) is 47.5 Å². The van der Waals surface area contributed by atoms with Crippen molar-refractivity contribution >= 4 is 17.5 Å². The number of hydrogen-bond acceptors (Lipinski definition) is 3. The summed E-state index contributed by atoms with van der Waals surface area (Å²) in [6.45, 7) is 0.318. The number of rotatable bonds is 4. The van der Waals surface area contributed by atoms with Crippen molar-refractivity contribution < 1.29 is 9.18 Å². The highest BCUT2D eigenvalue weighted by Gasteiger charge is 2.33. The zero-order valence-electron chi connectivity index (χ0n) is 14.3. The molecule has 0 aliphatic carbocycles. The highest BCUT2D eigenvalue weighted by atomic mass is 35.5. The van der Waals surface area contributed by atoms with Crippen LogP contribution in [0.25, 0.3) is 0 Å². The zero-order valence-corrected chi connectivity index (χ0v) is 15.1. The molecule has 2 aliphatic heterocycles. The molecule has 0 bridgehead atoms. The lowest BCUT2D eigenvalue weighted by Crippen LogP contribution is -2.31. The Morgan fingerprint density at radius 3 is 2.78 bits per heavy atom. The Bertz CT molecular complexity index is 966. The number of benzene rings is 2. The normalized spacial score (nSPS) is 17.7. The summed E-state index contributed by atoms with van der Waals surface area (Å²) < 4.78 is 13.0. The molecule has 2 aromatic carbocycles. The molecule has 1 unspecified atom stereocenters. The van der Waals surface area contributed by atoms with Crippen molar-refractivity contribution in [1.82, 2.24) is 15.5 Å². The predicted molar refractivity (Wildman–Crippen MR) is 103 cm³/mol. The summed E-state index contributed by atoms with van der Waals surface area (Å²) >= 11 is 6.13. The molecule has 4 rings (SSSR count). The smallest absolute Gasteiger partial charge is 0.269 e. The average molecular weight is 382 g/mol. The van der Waals surface area contributed by atoms with E-state index < -0.39 is 0 Å².